The molecule has 3 aliphatic heterocycles. The monoisotopic (exact) mass is 256 g/mol. The molecule has 3 aliphatic rings. The van der Waals surface area contributed by atoms with Crippen LogP contribution in [0.1, 0.15) is 20.8 Å². The lowest BCUT2D eigenvalue weighted by Crippen LogP contribution is -2.63. The van der Waals surface area contributed by atoms with Crippen molar-refractivity contribution in [3.05, 3.63) is 12.2 Å². The van der Waals surface area contributed by atoms with Gasteiger partial charge < -0.3 is 18.9 Å². The molecule has 0 aromatic carbocycles. The van der Waals surface area contributed by atoms with E-state index in [-0.39, 0.29) is 17.9 Å². The number of fused-ring (bicyclic) bond motifs is 3. The predicted octanol–water partition coefficient (Wildman–Crippen LogP) is 1.48. The first-order chi connectivity index (χ1) is 8.39. The summed E-state index contributed by atoms with van der Waals surface area (Å²) in [4.78, 5) is 11.4. The largest absolute Gasteiger partial charge is 0.461 e. The van der Waals surface area contributed by atoms with Gasteiger partial charge in [-0.05, 0) is 6.92 Å². The third-order valence-electron chi connectivity index (χ3n) is 3.30. The summed E-state index contributed by atoms with van der Waals surface area (Å²) in [7, 11) is 0. The summed E-state index contributed by atoms with van der Waals surface area (Å²) in [5, 5.41) is 0. The zero-order chi connectivity index (χ0) is 13.4. The summed E-state index contributed by atoms with van der Waals surface area (Å²) < 4.78 is 22.2. The molecule has 2 bridgehead atoms. The van der Waals surface area contributed by atoms with E-state index in [0.29, 0.717) is 25.4 Å². The van der Waals surface area contributed by atoms with Crippen molar-refractivity contribution in [1.29, 1.82) is 0 Å². The molecule has 18 heavy (non-hydrogen) atoms. The third-order valence-corrected chi connectivity index (χ3v) is 3.30. The Morgan fingerprint density at radius 1 is 1.28 bits per heavy atom. The highest BCUT2D eigenvalue weighted by atomic mass is 16.9. The smallest absolute Gasteiger partial charge is 0.333 e. The Morgan fingerprint density at radius 2 is 1.78 bits per heavy atom. The van der Waals surface area contributed by atoms with Crippen molar-refractivity contribution in [2.24, 2.45) is 11.3 Å². The van der Waals surface area contributed by atoms with Crippen molar-refractivity contribution in [1.82, 2.24) is 0 Å². The van der Waals surface area contributed by atoms with Crippen molar-refractivity contribution in [2.75, 3.05) is 26.4 Å². The molecule has 0 aliphatic carbocycles. The molecule has 3 saturated heterocycles. The summed E-state index contributed by atoms with van der Waals surface area (Å²) in [6.45, 7) is 10.8. The minimum Gasteiger partial charge on any atom is -0.461 e. The van der Waals surface area contributed by atoms with Crippen molar-refractivity contribution in [3.63, 3.8) is 0 Å². The van der Waals surface area contributed by atoms with E-state index in [1.54, 1.807) is 6.92 Å². The Hall–Kier alpha value is -0.910. The van der Waals surface area contributed by atoms with Crippen LogP contribution in [0.3, 0.4) is 0 Å². The molecule has 5 nitrogen and oxygen atoms in total. The van der Waals surface area contributed by atoms with E-state index in [9.17, 15) is 4.79 Å². The van der Waals surface area contributed by atoms with Gasteiger partial charge in [0.2, 0.25) is 0 Å². The van der Waals surface area contributed by atoms with Crippen LogP contribution in [0.15, 0.2) is 12.2 Å². The number of rotatable bonds is 4. The summed E-state index contributed by atoms with van der Waals surface area (Å²) in [5.74, 6) is -1.19. The first kappa shape index (κ1) is 13.5. The second kappa shape index (κ2) is 4.64. The SMILES string of the molecule is C=C(C)C(=O)OCC12COC(C(C)C)(OC1)OC2. The quantitative estimate of drug-likeness (QED) is 0.563. The fourth-order valence-electron chi connectivity index (χ4n) is 1.98. The van der Waals surface area contributed by atoms with Gasteiger partial charge in [0.15, 0.2) is 0 Å². The normalized spacial score (nSPS) is 34.7. The molecular formula is C13H20O5. The Kier molecular flexibility index (Phi) is 3.49. The minimum atomic E-state index is -0.917. The first-order valence-electron chi connectivity index (χ1n) is 6.14. The van der Waals surface area contributed by atoms with Gasteiger partial charge in [0, 0.05) is 11.5 Å². The Morgan fingerprint density at radius 3 is 2.17 bits per heavy atom. The molecule has 0 aromatic rings. The van der Waals surface area contributed by atoms with Gasteiger partial charge in [-0.1, -0.05) is 20.4 Å². The third kappa shape index (κ3) is 2.30. The van der Waals surface area contributed by atoms with Crippen molar-refractivity contribution < 1.29 is 23.7 Å². The Balaban J connectivity index is 1.93. The van der Waals surface area contributed by atoms with Crippen LogP contribution < -0.4 is 0 Å². The number of carbonyl (C=O) groups excluding carboxylic acids is 1. The molecule has 0 aromatic heterocycles. The van der Waals surface area contributed by atoms with Gasteiger partial charge in [-0.3, -0.25) is 0 Å². The lowest BCUT2D eigenvalue weighted by atomic mass is 9.89. The maximum absolute atomic E-state index is 11.4. The molecule has 3 heterocycles. The number of carbonyl (C=O) groups is 1. The highest BCUT2D eigenvalue weighted by molar-refractivity contribution is 5.86. The molecule has 0 N–H and O–H groups in total. The fourth-order valence-corrected chi connectivity index (χ4v) is 1.98. The molecule has 3 rings (SSSR count). The zero-order valence-electron chi connectivity index (χ0n) is 11.2. The van der Waals surface area contributed by atoms with Crippen molar-refractivity contribution in [2.45, 2.75) is 26.7 Å². The van der Waals surface area contributed by atoms with E-state index < -0.39 is 11.9 Å². The lowest BCUT2D eigenvalue weighted by Gasteiger charge is -2.52. The second-order valence-electron chi connectivity index (χ2n) is 5.48. The van der Waals surface area contributed by atoms with Gasteiger partial charge >= 0.3 is 5.97 Å². The summed E-state index contributed by atoms with van der Waals surface area (Å²) in [6, 6.07) is 0. The van der Waals surface area contributed by atoms with Gasteiger partial charge in [-0.2, -0.15) is 0 Å². The van der Waals surface area contributed by atoms with Gasteiger partial charge in [0.05, 0.1) is 25.2 Å². The number of hydrogen-bond donors (Lipinski definition) is 0. The lowest BCUT2D eigenvalue weighted by molar-refractivity contribution is -0.484. The zero-order valence-corrected chi connectivity index (χ0v) is 11.2. The minimum absolute atomic E-state index is 0.119. The summed E-state index contributed by atoms with van der Waals surface area (Å²) in [5.41, 5.74) is -0.000763. The highest BCUT2D eigenvalue weighted by Gasteiger charge is 2.54. The van der Waals surface area contributed by atoms with Crippen LogP contribution in [-0.4, -0.2) is 38.4 Å². The van der Waals surface area contributed by atoms with Crippen LogP contribution in [0.4, 0.5) is 0 Å². The molecule has 0 spiro atoms. The van der Waals surface area contributed by atoms with Crippen LogP contribution in [0.5, 0.6) is 0 Å². The fraction of sp³-hybridized carbons (Fsp3) is 0.769. The van der Waals surface area contributed by atoms with Crippen molar-refractivity contribution >= 4 is 5.97 Å². The Labute approximate surface area is 107 Å². The molecule has 3 fully saturated rings. The maximum Gasteiger partial charge on any atom is 0.333 e. The van der Waals surface area contributed by atoms with E-state index in [2.05, 4.69) is 6.58 Å². The average Bonchev–Trinajstić information content (AvgIpc) is 2.38. The molecule has 0 atom stereocenters. The van der Waals surface area contributed by atoms with Crippen LogP contribution in [0, 0.1) is 11.3 Å². The first-order valence-corrected chi connectivity index (χ1v) is 6.14. The molecule has 0 radical (unpaired) electrons. The number of esters is 1. The van der Waals surface area contributed by atoms with E-state index in [4.69, 9.17) is 18.9 Å². The van der Waals surface area contributed by atoms with Crippen LogP contribution in [0.25, 0.3) is 0 Å². The van der Waals surface area contributed by atoms with Gasteiger partial charge in [0.1, 0.15) is 6.61 Å². The van der Waals surface area contributed by atoms with Gasteiger partial charge in [0.25, 0.3) is 5.97 Å². The van der Waals surface area contributed by atoms with Crippen LogP contribution in [-0.2, 0) is 23.7 Å². The number of ether oxygens (including phenoxy) is 4. The van der Waals surface area contributed by atoms with E-state index in [0.717, 1.165) is 0 Å². The topological polar surface area (TPSA) is 54.0 Å². The maximum atomic E-state index is 11.4. The molecule has 0 unspecified atom stereocenters. The molecule has 102 valence electrons. The Bertz CT molecular complexity index is 336. The average molecular weight is 256 g/mol. The highest BCUT2D eigenvalue weighted by Crippen LogP contribution is 2.42. The molecule has 5 heteroatoms. The standard InChI is InChI=1S/C13H20O5/c1-9(2)11(14)15-5-12-6-16-13(10(3)4,17-7-12)18-8-12/h10H,1,5-8H2,2-4H3. The summed E-state index contributed by atoms with van der Waals surface area (Å²) in [6.07, 6.45) is 0. The molecule has 0 amide bonds. The number of hydrogen-bond acceptors (Lipinski definition) is 5. The molecule has 0 saturated carbocycles. The summed E-state index contributed by atoms with van der Waals surface area (Å²) >= 11 is 0. The molecular weight excluding hydrogens is 236 g/mol. The van der Waals surface area contributed by atoms with E-state index in [1.807, 2.05) is 13.8 Å². The van der Waals surface area contributed by atoms with E-state index >= 15 is 0 Å². The second-order valence-corrected chi connectivity index (χ2v) is 5.48. The van der Waals surface area contributed by atoms with Crippen LogP contribution in [0.2, 0.25) is 0 Å². The predicted molar refractivity (Wildman–Crippen MR) is 63.6 cm³/mol. The van der Waals surface area contributed by atoms with Gasteiger partial charge in [-0.25, -0.2) is 4.79 Å². The van der Waals surface area contributed by atoms with Crippen LogP contribution >= 0.6 is 0 Å². The van der Waals surface area contributed by atoms with Gasteiger partial charge in [-0.15, -0.1) is 0 Å². The van der Waals surface area contributed by atoms with E-state index in [1.165, 1.54) is 0 Å². The van der Waals surface area contributed by atoms with Crippen molar-refractivity contribution in [3.8, 4) is 0 Å².